The molecule has 1 unspecified atom stereocenters. The summed E-state index contributed by atoms with van der Waals surface area (Å²) in [6, 6.07) is 8.83. The summed E-state index contributed by atoms with van der Waals surface area (Å²) >= 11 is 1.25. The molecule has 2 N–H and O–H groups in total. The summed E-state index contributed by atoms with van der Waals surface area (Å²) in [4.78, 5) is 24.1. The molecular weight excluding hydrogens is 276 g/mol. The maximum Gasteiger partial charge on any atom is 0.329 e. The van der Waals surface area contributed by atoms with Crippen LogP contribution in [0.4, 0.5) is 0 Å². The molecule has 0 spiro atoms. The van der Waals surface area contributed by atoms with Gasteiger partial charge in [-0.1, -0.05) is 19.1 Å². The van der Waals surface area contributed by atoms with Crippen LogP contribution in [0.3, 0.4) is 0 Å². The minimum absolute atomic E-state index is 0.230. The van der Waals surface area contributed by atoms with E-state index in [0.29, 0.717) is 10.5 Å². The number of carbonyl (C=O) groups excluding carboxylic acids is 1. The largest absolute Gasteiger partial charge is 0.480 e. The van der Waals surface area contributed by atoms with Gasteiger partial charge in [0.25, 0.3) is 5.91 Å². The highest BCUT2D eigenvalue weighted by Crippen LogP contribution is 2.23. The molecule has 20 heavy (non-hydrogen) atoms. The SMILES string of the molecule is CCC(C)(NC(=O)c1ccccc1SCC#N)C(=O)O. The molecule has 6 heteroatoms. The zero-order valence-electron chi connectivity index (χ0n) is 11.3. The van der Waals surface area contributed by atoms with Gasteiger partial charge in [0.05, 0.1) is 17.4 Å². The Hall–Kier alpha value is -2.00. The van der Waals surface area contributed by atoms with Crippen LogP contribution in [0.15, 0.2) is 29.2 Å². The highest BCUT2D eigenvalue weighted by molar-refractivity contribution is 7.99. The molecule has 1 aromatic rings. The smallest absolute Gasteiger partial charge is 0.329 e. The van der Waals surface area contributed by atoms with Gasteiger partial charge in [0.2, 0.25) is 0 Å². The molecule has 0 aliphatic carbocycles. The lowest BCUT2D eigenvalue weighted by Crippen LogP contribution is -2.51. The lowest BCUT2D eigenvalue weighted by molar-refractivity contribution is -0.143. The lowest BCUT2D eigenvalue weighted by atomic mass is 9.98. The molecule has 0 saturated heterocycles. The summed E-state index contributed by atoms with van der Waals surface area (Å²) in [5.74, 6) is -1.29. The number of carboxylic acid groups (broad SMARTS) is 1. The molecule has 0 radical (unpaired) electrons. The number of nitrogens with one attached hydrogen (secondary N) is 1. The van der Waals surface area contributed by atoms with Crippen LogP contribution in [0.25, 0.3) is 0 Å². The van der Waals surface area contributed by atoms with Crippen molar-refractivity contribution >= 4 is 23.6 Å². The molecule has 1 amide bonds. The van der Waals surface area contributed by atoms with Gasteiger partial charge >= 0.3 is 5.97 Å². The number of hydrogen-bond acceptors (Lipinski definition) is 4. The van der Waals surface area contributed by atoms with Crippen LogP contribution >= 0.6 is 11.8 Å². The van der Waals surface area contributed by atoms with Crippen molar-refractivity contribution in [2.45, 2.75) is 30.7 Å². The molecule has 0 fully saturated rings. The van der Waals surface area contributed by atoms with Crippen LogP contribution in [0, 0.1) is 11.3 Å². The third-order valence-corrected chi connectivity index (χ3v) is 3.93. The Balaban J connectivity index is 2.98. The highest BCUT2D eigenvalue weighted by Gasteiger charge is 2.33. The van der Waals surface area contributed by atoms with Crippen molar-refractivity contribution in [3.05, 3.63) is 29.8 Å². The van der Waals surface area contributed by atoms with Gasteiger partial charge in [-0.15, -0.1) is 11.8 Å². The first kappa shape index (κ1) is 16.1. The van der Waals surface area contributed by atoms with Gasteiger partial charge in [-0.3, -0.25) is 4.79 Å². The Morgan fingerprint density at radius 3 is 2.65 bits per heavy atom. The third kappa shape index (κ3) is 3.75. The first-order chi connectivity index (χ1) is 9.44. The molecule has 0 aliphatic rings. The summed E-state index contributed by atoms with van der Waals surface area (Å²) in [5, 5.41) is 20.3. The minimum atomic E-state index is -1.30. The standard InChI is InChI=1S/C14H16N2O3S/c1-3-14(2,13(18)19)16-12(17)10-6-4-5-7-11(10)20-9-8-15/h4-7H,3,9H2,1-2H3,(H,16,17)(H,18,19). The maximum absolute atomic E-state index is 12.2. The minimum Gasteiger partial charge on any atom is -0.480 e. The second-order valence-electron chi connectivity index (χ2n) is 4.39. The van der Waals surface area contributed by atoms with Crippen LogP contribution in [-0.2, 0) is 4.79 Å². The number of hydrogen-bond donors (Lipinski definition) is 2. The van der Waals surface area contributed by atoms with Crippen molar-refractivity contribution in [2.75, 3.05) is 5.75 Å². The summed E-state index contributed by atoms with van der Waals surface area (Å²) < 4.78 is 0. The monoisotopic (exact) mass is 292 g/mol. The zero-order valence-corrected chi connectivity index (χ0v) is 12.2. The molecule has 0 aliphatic heterocycles. The molecule has 106 valence electrons. The van der Waals surface area contributed by atoms with Crippen LogP contribution in [-0.4, -0.2) is 28.3 Å². The van der Waals surface area contributed by atoms with Gasteiger partial charge in [-0.05, 0) is 25.5 Å². The quantitative estimate of drug-likeness (QED) is 0.785. The van der Waals surface area contributed by atoms with Gasteiger partial charge in [-0.25, -0.2) is 4.79 Å². The topological polar surface area (TPSA) is 90.2 Å². The number of nitriles is 1. The predicted octanol–water partition coefficient (Wildman–Crippen LogP) is 2.29. The van der Waals surface area contributed by atoms with Gasteiger partial charge in [0, 0.05) is 4.90 Å². The Labute approximate surface area is 122 Å². The number of carboxylic acids is 1. The number of benzene rings is 1. The van der Waals surface area contributed by atoms with Crippen molar-refractivity contribution in [3.63, 3.8) is 0 Å². The van der Waals surface area contributed by atoms with Crippen molar-refractivity contribution in [3.8, 4) is 6.07 Å². The Kier molecular flexibility index (Phi) is 5.59. The van der Waals surface area contributed by atoms with Crippen molar-refractivity contribution < 1.29 is 14.7 Å². The molecule has 1 rings (SSSR count). The van der Waals surface area contributed by atoms with Crippen LogP contribution < -0.4 is 5.32 Å². The second-order valence-corrected chi connectivity index (χ2v) is 5.41. The maximum atomic E-state index is 12.2. The molecule has 1 aromatic carbocycles. The van der Waals surface area contributed by atoms with Gasteiger partial charge in [0.1, 0.15) is 5.54 Å². The lowest BCUT2D eigenvalue weighted by Gasteiger charge is -2.25. The second kappa shape index (κ2) is 6.96. The number of nitrogens with zero attached hydrogens (tertiary/aromatic N) is 1. The van der Waals surface area contributed by atoms with E-state index in [0.717, 1.165) is 0 Å². The van der Waals surface area contributed by atoms with Gasteiger partial charge in [-0.2, -0.15) is 5.26 Å². The number of rotatable bonds is 6. The fraction of sp³-hybridized carbons (Fsp3) is 0.357. The average Bonchev–Trinajstić information content (AvgIpc) is 2.44. The fourth-order valence-corrected chi connectivity index (χ4v) is 2.21. The Morgan fingerprint density at radius 2 is 2.10 bits per heavy atom. The molecule has 0 bridgehead atoms. The van der Waals surface area contributed by atoms with Gasteiger partial charge < -0.3 is 10.4 Å². The van der Waals surface area contributed by atoms with Crippen molar-refractivity contribution in [1.29, 1.82) is 5.26 Å². The molecule has 1 atom stereocenters. The molecule has 0 aromatic heterocycles. The van der Waals surface area contributed by atoms with Crippen molar-refractivity contribution in [2.24, 2.45) is 0 Å². The zero-order chi connectivity index (χ0) is 15.2. The first-order valence-electron chi connectivity index (χ1n) is 6.09. The van der Waals surface area contributed by atoms with E-state index in [1.807, 2.05) is 6.07 Å². The van der Waals surface area contributed by atoms with E-state index in [9.17, 15) is 14.7 Å². The highest BCUT2D eigenvalue weighted by atomic mass is 32.2. The van der Waals surface area contributed by atoms with E-state index in [-0.39, 0.29) is 12.2 Å². The molecular formula is C14H16N2O3S. The number of carbonyl (C=O) groups is 2. The fourth-order valence-electron chi connectivity index (χ4n) is 1.50. The Bertz CT molecular complexity index is 554. The van der Waals surface area contributed by atoms with E-state index >= 15 is 0 Å². The van der Waals surface area contributed by atoms with Gasteiger partial charge in [0.15, 0.2) is 0 Å². The summed E-state index contributed by atoms with van der Waals surface area (Å²) in [6.45, 7) is 3.17. The molecule has 5 nitrogen and oxygen atoms in total. The number of aliphatic carboxylic acids is 1. The Morgan fingerprint density at radius 1 is 1.45 bits per heavy atom. The van der Waals surface area contributed by atoms with E-state index in [1.54, 1.807) is 31.2 Å². The average molecular weight is 292 g/mol. The first-order valence-corrected chi connectivity index (χ1v) is 7.08. The summed E-state index contributed by atoms with van der Waals surface area (Å²) in [5.41, 5.74) is -0.918. The van der Waals surface area contributed by atoms with E-state index in [2.05, 4.69) is 5.32 Å². The molecule has 0 saturated carbocycles. The van der Waals surface area contributed by atoms with E-state index in [4.69, 9.17) is 5.26 Å². The third-order valence-electron chi connectivity index (χ3n) is 2.99. The normalized spacial score (nSPS) is 13.1. The van der Waals surface area contributed by atoms with E-state index < -0.39 is 17.4 Å². The van der Waals surface area contributed by atoms with Crippen LogP contribution in [0.1, 0.15) is 30.6 Å². The predicted molar refractivity (Wildman–Crippen MR) is 76.6 cm³/mol. The van der Waals surface area contributed by atoms with Crippen LogP contribution in [0.2, 0.25) is 0 Å². The van der Waals surface area contributed by atoms with Crippen molar-refractivity contribution in [1.82, 2.24) is 5.32 Å². The number of thioether (sulfide) groups is 1. The summed E-state index contributed by atoms with van der Waals surface area (Å²) in [6.07, 6.45) is 0.279. The summed E-state index contributed by atoms with van der Waals surface area (Å²) in [7, 11) is 0. The van der Waals surface area contributed by atoms with E-state index in [1.165, 1.54) is 18.7 Å². The number of amides is 1. The van der Waals surface area contributed by atoms with Crippen LogP contribution in [0.5, 0.6) is 0 Å². The molecule has 0 heterocycles.